The van der Waals surface area contributed by atoms with Gasteiger partial charge in [0.2, 0.25) is 0 Å². The van der Waals surface area contributed by atoms with Gasteiger partial charge in [-0.1, -0.05) is 0 Å². The van der Waals surface area contributed by atoms with E-state index < -0.39 is 0 Å². The summed E-state index contributed by atoms with van der Waals surface area (Å²) in [5.74, 6) is 0.979. The first-order valence-corrected chi connectivity index (χ1v) is 6.65. The summed E-state index contributed by atoms with van der Waals surface area (Å²) in [6.07, 6.45) is 5.48. The lowest BCUT2D eigenvalue weighted by Crippen LogP contribution is -2.22. The number of halogens is 1. The van der Waals surface area contributed by atoms with Crippen LogP contribution in [0.2, 0.25) is 0 Å². The Morgan fingerprint density at radius 2 is 2.31 bits per heavy atom. The average Bonchev–Trinajstić information content (AvgIpc) is 2.53. The summed E-state index contributed by atoms with van der Waals surface area (Å²) in [6.45, 7) is 4.33. The van der Waals surface area contributed by atoms with Gasteiger partial charge < -0.3 is 10.6 Å². The van der Waals surface area contributed by atoms with E-state index >= 15 is 0 Å². The lowest BCUT2D eigenvalue weighted by atomic mass is 10.1. The van der Waals surface area contributed by atoms with Gasteiger partial charge in [0.25, 0.3) is 0 Å². The number of nitrogens with zero attached hydrogens (tertiary/aromatic N) is 1. The Labute approximate surface area is 105 Å². The molecule has 0 saturated carbocycles. The van der Waals surface area contributed by atoms with E-state index in [-0.39, 0.29) is 0 Å². The van der Waals surface area contributed by atoms with Crippen LogP contribution < -0.4 is 10.6 Å². The Kier molecular flexibility index (Phi) is 4.18. The van der Waals surface area contributed by atoms with Gasteiger partial charge in [-0.3, -0.25) is 0 Å². The first-order valence-electron chi connectivity index (χ1n) is 5.86. The second-order valence-electron chi connectivity index (χ2n) is 4.31. The standard InChI is InChI=1S/C12H18BrN3/c1-9-4-8-15-12(11(9)13)16-10-3-2-6-14-7-5-10/h4,8,10,14H,2-3,5-7H2,1H3,(H,15,16). The summed E-state index contributed by atoms with van der Waals surface area (Å²) < 4.78 is 1.09. The molecule has 1 fully saturated rings. The largest absolute Gasteiger partial charge is 0.366 e. The van der Waals surface area contributed by atoms with E-state index in [9.17, 15) is 0 Å². The van der Waals surface area contributed by atoms with Gasteiger partial charge in [0, 0.05) is 12.2 Å². The van der Waals surface area contributed by atoms with Crippen molar-refractivity contribution in [3.8, 4) is 0 Å². The van der Waals surface area contributed by atoms with Gasteiger partial charge in [0.15, 0.2) is 0 Å². The topological polar surface area (TPSA) is 37.0 Å². The highest BCUT2D eigenvalue weighted by molar-refractivity contribution is 9.10. The first kappa shape index (κ1) is 11.9. The molecule has 0 spiro atoms. The molecule has 3 nitrogen and oxygen atoms in total. The first-order chi connectivity index (χ1) is 7.77. The minimum atomic E-state index is 0.542. The van der Waals surface area contributed by atoms with Gasteiger partial charge in [0.1, 0.15) is 5.82 Å². The molecule has 2 rings (SSSR count). The van der Waals surface area contributed by atoms with Crippen LogP contribution >= 0.6 is 15.9 Å². The summed E-state index contributed by atoms with van der Waals surface area (Å²) in [6, 6.07) is 2.56. The third-order valence-corrected chi connectivity index (χ3v) is 4.00. The third kappa shape index (κ3) is 2.95. The Morgan fingerprint density at radius 3 is 3.19 bits per heavy atom. The van der Waals surface area contributed by atoms with Gasteiger partial charge in [-0.15, -0.1) is 0 Å². The molecule has 1 unspecified atom stereocenters. The molecule has 0 aliphatic carbocycles. The maximum atomic E-state index is 4.39. The van der Waals surface area contributed by atoms with Crippen LogP contribution in [-0.2, 0) is 0 Å². The van der Waals surface area contributed by atoms with E-state index in [1.165, 1.54) is 24.8 Å². The number of hydrogen-bond donors (Lipinski definition) is 2. The van der Waals surface area contributed by atoms with Crippen molar-refractivity contribution in [3.63, 3.8) is 0 Å². The SMILES string of the molecule is Cc1ccnc(NC2CCCNCC2)c1Br. The van der Waals surface area contributed by atoms with Crippen molar-refractivity contribution in [2.75, 3.05) is 18.4 Å². The Bertz CT molecular complexity index is 346. The fourth-order valence-corrected chi connectivity index (χ4v) is 2.35. The number of pyridine rings is 1. The van der Waals surface area contributed by atoms with Gasteiger partial charge >= 0.3 is 0 Å². The zero-order chi connectivity index (χ0) is 11.4. The summed E-state index contributed by atoms with van der Waals surface area (Å²) in [7, 11) is 0. The Hall–Kier alpha value is -0.610. The molecule has 0 aromatic carbocycles. The second-order valence-corrected chi connectivity index (χ2v) is 5.11. The van der Waals surface area contributed by atoms with E-state index in [2.05, 4.69) is 38.5 Å². The van der Waals surface area contributed by atoms with Crippen LogP contribution in [0, 0.1) is 6.92 Å². The Morgan fingerprint density at radius 1 is 1.44 bits per heavy atom. The molecule has 4 heteroatoms. The average molecular weight is 284 g/mol. The monoisotopic (exact) mass is 283 g/mol. The normalized spacial score (nSPS) is 21.5. The maximum absolute atomic E-state index is 4.39. The van der Waals surface area contributed by atoms with Gasteiger partial charge in [-0.2, -0.15) is 0 Å². The van der Waals surface area contributed by atoms with Crippen LogP contribution in [0.1, 0.15) is 24.8 Å². The van der Waals surface area contributed by atoms with Crippen LogP contribution in [0.3, 0.4) is 0 Å². The fourth-order valence-electron chi connectivity index (χ4n) is 2.00. The van der Waals surface area contributed by atoms with Crippen molar-refractivity contribution in [3.05, 3.63) is 22.3 Å². The molecule has 1 aliphatic rings. The van der Waals surface area contributed by atoms with Gasteiger partial charge in [-0.05, 0) is 66.8 Å². The van der Waals surface area contributed by atoms with Crippen LogP contribution in [0.5, 0.6) is 0 Å². The lowest BCUT2D eigenvalue weighted by molar-refractivity contribution is 0.634. The number of aromatic nitrogens is 1. The molecule has 2 heterocycles. The van der Waals surface area contributed by atoms with Crippen molar-refractivity contribution < 1.29 is 0 Å². The summed E-state index contributed by atoms with van der Waals surface area (Å²) in [5, 5.41) is 6.95. The molecule has 88 valence electrons. The van der Waals surface area contributed by atoms with Crippen LogP contribution in [0.25, 0.3) is 0 Å². The molecule has 0 bridgehead atoms. The van der Waals surface area contributed by atoms with E-state index in [1.807, 2.05) is 12.3 Å². The highest BCUT2D eigenvalue weighted by Crippen LogP contribution is 2.25. The zero-order valence-corrected chi connectivity index (χ0v) is 11.2. The number of hydrogen-bond acceptors (Lipinski definition) is 3. The molecule has 0 radical (unpaired) electrons. The maximum Gasteiger partial charge on any atom is 0.140 e. The van der Waals surface area contributed by atoms with E-state index in [4.69, 9.17) is 0 Å². The smallest absolute Gasteiger partial charge is 0.140 e. The highest BCUT2D eigenvalue weighted by Gasteiger charge is 2.13. The van der Waals surface area contributed by atoms with Gasteiger partial charge in [-0.25, -0.2) is 4.98 Å². The third-order valence-electron chi connectivity index (χ3n) is 3.00. The molecule has 2 N–H and O–H groups in total. The molecule has 1 saturated heterocycles. The molecular weight excluding hydrogens is 266 g/mol. The minimum Gasteiger partial charge on any atom is -0.366 e. The molecule has 1 aromatic heterocycles. The van der Waals surface area contributed by atoms with E-state index in [0.717, 1.165) is 23.4 Å². The molecule has 1 aromatic rings. The van der Waals surface area contributed by atoms with Crippen molar-refractivity contribution in [1.82, 2.24) is 10.3 Å². The highest BCUT2D eigenvalue weighted by atomic mass is 79.9. The lowest BCUT2D eigenvalue weighted by Gasteiger charge is -2.18. The van der Waals surface area contributed by atoms with Crippen LogP contribution in [0.4, 0.5) is 5.82 Å². The van der Waals surface area contributed by atoms with Crippen LogP contribution in [-0.4, -0.2) is 24.1 Å². The van der Waals surface area contributed by atoms with E-state index in [1.54, 1.807) is 0 Å². The Balaban J connectivity index is 2.04. The molecule has 1 aliphatic heterocycles. The van der Waals surface area contributed by atoms with E-state index in [0.29, 0.717) is 6.04 Å². The van der Waals surface area contributed by atoms with Crippen molar-refractivity contribution in [1.29, 1.82) is 0 Å². The predicted molar refractivity (Wildman–Crippen MR) is 70.8 cm³/mol. The minimum absolute atomic E-state index is 0.542. The van der Waals surface area contributed by atoms with Crippen molar-refractivity contribution in [2.24, 2.45) is 0 Å². The van der Waals surface area contributed by atoms with Gasteiger partial charge in [0.05, 0.1) is 4.47 Å². The molecule has 1 atom stereocenters. The molecular formula is C12H18BrN3. The number of aryl methyl sites for hydroxylation is 1. The summed E-state index contributed by atoms with van der Waals surface area (Å²) >= 11 is 3.59. The quantitative estimate of drug-likeness (QED) is 0.876. The van der Waals surface area contributed by atoms with Crippen LogP contribution in [0.15, 0.2) is 16.7 Å². The zero-order valence-electron chi connectivity index (χ0n) is 9.59. The fraction of sp³-hybridized carbons (Fsp3) is 0.583. The van der Waals surface area contributed by atoms with Crippen molar-refractivity contribution >= 4 is 21.7 Å². The number of rotatable bonds is 2. The van der Waals surface area contributed by atoms with Crippen molar-refractivity contribution in [2.45, 2.75) is 32.2 Å². The number of nitrogens with one attached hydrogen (secondary N) is 2. The predicted octanol–water partition coefficient (Wildman–Crippen LogP) is 2.71. The summed E-state index contributed by atoms with van der Waals surface area (Å²) in [5.41, 5.74) is 1.23. The molecule has 16 heavy (non-hydrogen) atoms. The summed E-state index contributed by atoms with van der Waals surface area (Å²) in [4.78, 5) is 4.39. The second kappa shape index (κ2) is 5.64. The molecule has 0 amide bonds. The number of anilines is 1.